The molecule has 0 unspecified atom stereocenters. The zero-order chi connectivity index (χ0) is 14.6. The van der Waals surface area contributed by atoms with E-state index in [-0.39, 0.29) is 11.2 Å². The van der Waals surface area contributed by atoms with Crippen LogP contribution < -0.4 is 4.72 Å². The van der Waals surface area contributed by atoms with E-state index in [1.54, 1.807) is 24.3 Å². The molecule has 0 spiro atoms. The van der Waals surface area contributed by atoms with Gasteiger partial charge in [-0.25, -0.2) is 13.1 Å². The summed E-state index contributed by atoms with van der Waals surface area (Å²) in [5.74, 6) is -0.132. The summed E-state index contributed by atoms with van der Waals surface area (Å²) in [5, 5.41) is 8.99. The Hall–Kier alpha value is -1.38. The highest BCUT2D eigenvalue weighted by atomic mass is 32.2. The third-order valence-electron chi connectivity index (χ3n) is 4.01. The second kappa shape index (κ2) is 5.94. The first-order valence-corrected chi connectivity index (χ1v) is 8.55. The highest BCUT2D eigenvalue weighted by Crippen LogP contribution is 2.36. The van der Waals surface area contributed by atoms with Crippen LogP contribution >= 0.6 is 0 Å². The van der Waals surface area contributed by atoms with Crippen molar-refractivity contribution in [2.24, 2.45) is 5.41 Å². The highest BCUT2D eigenvalue weighted by Gasteiger charge is 2.30. The molecular formula is C15H20N2O2S. The third kappa shape index (κ3) is 3.81. The Morgan fingerprint density at radius 1 is 1.30 bits per heavy atom. The van der Waals surface area contributed by atoms with Crippen molar-refractivity contribution in [2.75, 3.05) is 6.54 Å². The number of nitrogens with one attached hydrogen (secondary N) is 1. The van der Waals surface area contributed by atoms with Crippen LogP contribution in [0.4, 0.5) is 0 Å². The molecule has 0 saturated heterocycles. The summed E-state index contributed by atoms with van der Waals surface area (Å²) in [6, 6.07) is 8.85. The Morgan fingerprint density at radius 2 is 1.95 bits per heavy atom. The molecule has 1 aliphatic rings. The molecule has 0 aromatic heterocycles. The number of rotatable bonds is 5. The van der Waals surface area contributed by atoms with Crippen LogP contribution in [0.1, 0.15) is 43.7 Å². The molecule has 0 heterocycles. The van der Waals surface area contributed by atoms with Gasteiger partial charge in [-0.3, -0.25) is 0 Å². The number of sulfonamides is 1. The minimum atomic E-state index is -3.39. The van der Waals surface area contributed by atoms with Crippen molar-refractivity contribution in [3.63, 3.8) is 0 Å². The van der Waals surface area contributed by atoms with Gasteiger partial charge < -0.3 is 0 Å². The lowest BCUT2D eigenvalue weighted by Crippen LogP contribution is -2.34. The standard InChI is InChI=1S/C15H20N2O2S/c1-15(8-4-5-9-15)12-17-20(18,19)11-14-7-3-2-6-13(14)10-16/h2-3,6-7,17H,4-5,8-9,11-12H2,1H3. The summed E-state index contributed by atoms with van der Waals surface area (Å²) >= 11 is 0. The smallest absolute Gasteiger partial charge is 0.214 e. The molecule has 0 aliphatic heterocycles. The number of benzene rings is 1. The van der Waals surface area contributed by atoms with Gasteiger partial charge in [-0.15, -0.1) is 0 Å². The molecule has 1 N–H and O–H groups in total. The minimum Gasteiger partial charge on any atom is -0.214 e. The van der Waals surface area contributed by atoms with Crippen LogP contribution in [0.2, 0.25) is 0 Å². The summed E-state index contributed by atoms with van der Waals surface area (Å²) in [5.41, 5.74) is 1.06. The predicted molar refractivity (Wildman–Crippen MR) is 78.4 cm³/mol. The average molecular weight is 292 g/mol. The quantitative estimate of drug-likeness (QED) is 0.906. The van der Waals surface area contributed by atoms with Crippen molar-refractivity contribution >= 4 is 10.0 Å². The fourth-order valence-electron chi connectivity index (χ4n) is 2.70. The van der Waals surface area contributed by atoms with Gasteiger partial charge in [0.05, 0.1) is 17.4 Å². The molecule has 4 nitrogen and oxygen atoms in total. The van der Waals surface area contributed by atoms with Crippen LogP contribution in [0.25, 0.3) is 0 Å². The summed E-state index contributed by atoms with van der Waals surface area (Å²) in [6.45, 7) is 2.62. The van der Waals surface area contributed by atoms with E-state index in [1.165, 1.54) is 12.8 Å². The lowest BCUT2D eigenvalue weighted by Gasteiger charge is -2.23. The Labute approximate surface area is 120 Å². The van der Waals surface area contributed by atoms with E-state index in [1.807, 2.05) is 6.07 Å². The Morgan fingerprint density at radius 3 is 2.60 bits per heavy atom. The van der Waals surface area contributed by atoms with Crippen LogP contribution in [-0.2, 0) is 15.8 Å². The molecule has 108 valence electrons. The zero-order valence-corrected chi connectivity index (χ0v) is 12.5. The first-order chi connectivity index (χ1) is 9.44. The van der Waals surface area contributed by atoms with Gasteiger partial charge in [0.25, 0.3) is 0 Å². The largest absolute Gasteiger partial charge is 0.215 e. The first kappa shape index (κ1) is 15.0. The molecule has 0 radical (unpaired) electrons. The van der Waals surface area contributed by atoms with Gasteiger partial charge in [0.15, 0.2) is 0 Å². The van der Waals surface area contributed by atoms with Crippen LogP contribution in [-0.4, -0.2) is 15.0 Å². The van der Waals surface area contributed by atoms with Gasteiger partial charge in [-0.2, -0.15) is 5.26 Å². The van der Waals surface area contributed by atoms with E-state index in [2.05, 4.69) is 11.6 Å². The molecule has 20 heavy (non-hydrogen) atoms. The van der Waals surface area contributed by atoms with Crippen LogP contribution in [0.15, 0.2) is 24.3 Å². The number of nitriles is 1. The maximum atomic E-state index is 12.1. The second-order valence-corrected chi connectivity index (χ2v) is 7.67. The summed E-state index contributed by atoms with van der Waals surface area (Å²) in [7, 11) is -3.39. The number of hydrogen-bond acceptors (Lipinski definition) is 3. The van der Waals surface area contributed by atoms with Gasteiger partial charge >= 0.3 is 0 Å². The fourth-order valence-corrected chi connectivity index (χ4v) is 4.03. The van der Waals surface area contributed by atoms with Crippen molar-refractivity contribution < 1.29 is 8.42 Å². The third-order valence-corrected chi connectivity index (χ3v) is 5.29. The van der Waals surface area contributed by atoms with E-state index < -0.39 is 10.0 Å². The fraction of sp³-hybridized carbons (Fsp3) is 0.533. The average Bonchev–Trinajstić information content (AvgIpc) is 2.85. The van der Waals surface area contributed by atoms with Gasteiger partial charge in [-0.1, -0.05) is 38.0 Å². The normalized spacial score (nSPS) is 17.8. The Kier molecular flexibility index (Phi) is 4.46. The molecule has 1 aliphatic carbocycles. The topological polar surface area (TPSA) is 70.0 Å². The van der Waals surface area contributed by atoms with E-state index in [9.17, 15) is 8.42 Å². The van der Waals surface area contributed by atoms with Crippen molar-refractivity contribution in [3.8, 4) is 6.07 Å². The summed E-state index contributed by atoms with van der Waals surface area (Å²) in [6.07, 6.45) is 4.50. The molecule has 2 rings (SSSR count). The van der Waals surface area contributed by atoms with E-state index >= 15 is 0 Å². The maximum Gasteiger partial charge on any atom is 0.215 e. The van der Waals surface area contributed by atoms with E-state index in [4.69, 9.17) is 5.26 Å². The molecule has 0 atom stereocenters. The second-order valence-electron chi connectivity index (χ2n) is 5.87. The van der Waals surface area contributed by atoms with Crippen molar-refractivity contribution in [2.45, 2.75) is 38.4 Å². The molecular weight excluding hydrogens is 272 g/mol. The van der Waals surface area contributed by atoms with Crippen LogP contribution in [0.3, 0.4) is 0 Å². The molecule has 5 heteroatoms. The van der Waals surface area contributed by atoms with Crippen LogP contribution in [0, 0.1) is 16.7 Å². The van der Waals surface area contributed by atoms with Gasteiger partial charge in [0.1, 0.15) is 0 Å². The predicted octanol–water partition coefficient (Wildman–Crippen LogP) is 2.56. The monoisotopic (exact) mass is 292 g/mol. The molecule has 0 bridgehead atoms. The highest BCUT2D eigenvalue weighted by molar-refractivity contribution is 7.88. The van der Waals surface area contributed by atoms with Crippen molar-refractivity contribution in [1.29, 1.82) is 5.26 Å². The lowest BCUT2D eigenvalue weighted by atomic mass is 9.89. The minimum absolute atomic E-state index is 0.0851. The number of hydrogen-bond donors (Lipinski definition) is 1. The molecule has 1 saturated carbocycles. The summed E-state index contributed by atoms with van der Waals surface area (Å²) in [4.78, 5) is 0. The zero-order valence-electron chi connectivity index (χ0n) is 11.7. The van der Waals surface area contributed by atoms with Gasteiger partial charge in [0, 0.05) is 6.54 Å². The van der Waals surface area contributed by atoms with Crippen LogP contribution in [0.5, 0.6) is 0 Å². The van der Waals surface area contributed by atoms with Gasteiger partial charge in [-0.05, 0) is 29.9 Å². The van der Waals surface area contributed by atoms with Crippen molar-refractivity contribution in [3.05, 3.63) is 35.4 Å². The number of nitrogens with zero attached hydrogens (tertiary/aromatic N) is 1. The molecule has 1 fully saturated rings. The molecule has 0 amide bonds. The maximum absolute atomic E-state index is 12.1. The molecule has 1 aromatic carbocycles. The van der Waals surface area contributed by atoms with Crippen molar-refractivity contribution in [1.82, 2.24) is 4.72 Å². The Balaban J connectivity index is 2.02. The van der Waals surface area contributed by atoms with E-state index in [0.29, 0.717) is 17.7 Å². The SMILES string of the molecule is CC1(CNS(=O)(=O)Cc2ccccc2C#N)CCCC1. The Bertz CT molecular complexity index is 611. The van der Waals surface area contributed by atoms with E-state index in [0.717, 1.165) is 12.8 Å². The lowest BCUT2D eigenvalue weighted by molar-refractivity contribution is 0.336. The first-order valence-electron chi connectivity index (χ1n) is 6.89. The molecule has 1 aromatic rings. The van der Waals surface area contributed by atoms with Gasteiger partial charge in [0.2, 0.25) is 10.0 Å². The summed E-state index contributed by atoms with van der Waals surface area (Å²) < 4.78 is 27.0.